The van der Waals surface area contributed by atoms with Crippen LogP contribution in [0.1, 0.15) is 30.4 Å². The van der Waals surface area contributed by atoms with E-state index in [1.165, 1.54) is 0 Å². The highest BCUT2D eigenvalue weighted by molar-refractivity contribution is 6.09. The number of Topliss-reactive ketones (excluding diaryl/α,β-unsaturated/α-hetero) is 1. The van der Waals surface area contributed by atoms with Gasteiger partial charge in [-0.2, -0.15) is 5.26 Å². The molecule has 1 amide bonds. The van der Waals surface area contributed by atoms with Crippen molar-refractivity contribution >= 4 is 17.4 Å². The number of anilines is 1. The van der Waals surface area contributed by atoms with E-state index in [-0.39, 0.29) is 18.1 Å². The average Bonchev–Trinajstić information content (AvgIpc) is 2.38. The zero-order chi connectivity index (χ0) is 14.7. The number of rotatable bonds is 3. The van der Waals surface area contributed by atoms with E-state index in [4.69, 9.17) is 5.26 Å². The number of amides is 1. The first kappa shape index (κ1) is 14.3. The second kappa shape index (κ2) is 5.87. The van der Waals surface area contributed by atoms with Crippen molar-refractivity contribution in [1.82, 2.24) is 0 Å². The number of benzene rings is 1. The second-order valence-corrected chi connectivity index (χ2v) is 5.33. The Morgan fingerprint density at radius 2 is 2.00 bits per heavy atom. The molecule has 1 aliphatic rings. The summed E-state index contributed by atoms with van der Waals surface area (Å²) >= 11 is 0. The summed E-state index contributed by atoms with van der Waals surface area (Å²) in [5.41, 5.74) is 3.04. The van der Waals surface area contributed by atoms with Crippen molar-refractivity contribution in [3.8, 4) is 6.07 Å². The van der Waals surface area contributed by atoms with Crippen LogP contribution in [0.4, 0.5) is 5.69 Å². The number of piperidine rings is 1. The Balaban J connectivity index is 2.26. The zero-order valence-electron chi connectivity index (χ0n) is 11.8. The smallest absolute Gasteiger partial charge is 0.237 e. The van der Waals surface area contributed by atoms with Gasteiger partial charge in [0.1, 0.15) is 0 Å². The number of carbonyl (C=O) groups is 2. The molecule has 1 saturated heterocycles. The predicted molar refractivity (Wildman–Crippen MR) is 76.2 cm³/mol. The SMILES string of the molecule is Cc1cc(C)cc(N2CCC[C@H](C(=O)CC#N)C2=O)c1. The van der Waals surface area contributed by atoms with Crippen LogP contribution in [0.2, 0.25) is 0 Å². The molecule has 1 aliphatic heterocycles. The van der Waals surface area contributed by atoms with Crippen molar-refractivity contribution in [3.05, 3.63) is 29.3 Å². The molecule has 0 radical (unpaired) electrons. The lowest BCUT2D eigenvalue weighted by Gasteiger charge is -2.31. The van der Waals surface area contributed by atoms with Crippen molar-refractivity contribution < 1.29 is 9.59 Å². The number of carbonyl (C=O) groups excluding carboxylic acids is 2. The Morgan fingerprint density at radius 1 is 1.35 bits per heavy atom. The molecule has 0 aliphatic carbocycles. The van der Waals surface area contributed by atoms with Gasteiger partial charge in [-0.15, -0.1) is 0 Å². The quantitative estimate of drug-likeness (QED) is 0.793. The van der Waals surface area contributed by atoms with Gasteiger partial charge in [-0.05, 0) is 49.9 Å². The molecule has 0 spiro atoms. The van der Waals surface area contributed by atoms with Crippen molar-refractivity contribution in [2.75, 3.05) is 11.4 Å². The van der Waals surface area contributed by atoms with Crippen LogP contribution < -0.4 is 4.90 Å². The standard InChI is InChI=1S/C16H18N2O2/c1-11-8-12(2)10-13(9-11)18-7-3-4-14(16(18)20)15(19)5-6-17/h8-10,14H,3-5,7H2,1-2H3/t14-/m1/s1. The van der Waals surface area contributed by atoms with Gasteiger partial charge in [-0.3, -0.25) is 9.59 Å². The first-order chi connectivity index (χ1) is 9.52. The monoisotopic (exact) mass is 270 g/mol. The van der Waals surface area contributed by atoms with E-state index in [1.54, 1.807) is 4.90 Å². The molecular formula is C16H18N2O2. The first-order valence-corrected chi connectivity index (χ1v) is 6.82. The van der Waals surface area contributed by atoms with Gasteiger partial charge in [0.05, 0.1) is 18.4 Å². The van der Waals surface area contributed by atoms with Crippen LogP contribution in [0, 0.1) is 31.1 Å². The maximum absolute atomic E-state index is 12.5. The van der Waals surface area contributed by atoms with Crippen molar-refractivity contribution in [2.24, 2.45) is 5.92 Å². The lowest BCUT2D eigenvalue weighted by molar-refractivity contribution is -0.133. The average molecular weight is 270 g/mol. The van der Waals surface area contributed by atoms with Crippen LogP contribution in [0.3, 0.4) is 0 Å². The summed E-state index contributed by atoms with van der Waals surface area (Å²) in [6.45, 7) is 4.62. The van der Waals surface area contributed by atoms with Crippen molar-refractivity contribution in [2.45, 2.75) is 33.1 Å². The van der Waals surface area contributed by atoms with Crippen molar-refractivity contribution in [1.29, 1.82) is 5.26 Å². The minimum Gasteiger partial charge on any atom is -0.312 e. The third-order valence-corrected chi connectivity index (χ3v) is 3.60. The summed E-state index contributed by atoms with van der Waals surface area (Å²) in [4.78, 5) is 26.0. The largest absolute Gasteiger partial charge is 0.312 e. The molecule has 1 heterocycles. The van der Waals surface area contributed by atoms with Gasteiger partial charge in [-0.25, -0.2) is 0 Å². The van der Waals surface area contributed by atoms with Gasteiger partial charge in [-0.1, -0.05) is 6.07 Å². The molecule has 4 nitrogen and oxygen atoms in total. The van der Waals surface area contributed by atoms with Gasteiger partial charge in [0.25, 0.3) is 0 Å². The lowest BCUT2D eigenvalue weighted by atomic mass is 9.91. The summed E-state index contributed by atoms with van der Waals surface area (Å²) < 4.78 is 0. The van der Waals surface area contributed by atoms with Crippen LogP contribution in [-0.4, -0.2) is 18.2 Å². The van der Waals surface area contributed by atoms with Crippen LogP contribution in [-0.2, 0) is 9.59 Å². The molecule has 104 valence electrons. The Bertz CT molecular complexity index is 566. The molecule has 1 aromatic rings. The molecule has 0 N–H and O–H groups in total. The molecule has 0 aromatic heterocycles. The molecule has 0 unspecified atom stereocenters. The Morgan fingerprint density at radius 3 is 2.60 bits per heavy atom. The van der Waals surface area contributed by atoms with Crippen LogP contribution >= 0.6 is 0 Å². The maximum Gasteiger partial charge on any atom is 0.237 e. The fraction of sp³-hybridized carbons (Fsp3) is 0.438. The topological polar surface area (TPSA) is 61.2 Å². The molecule has 1 fully saturated rings. The number of ketones is 1. The molecule has 2 rings (SSSR count). The van der Waals surface area contributed by atoms with E-state index in [9.17, 15) is 9.59 Å². The van der Waals surface area contributed by atoms with Gasteiger partial charge in [0.2, 0.25) is 5.91 Å². The third-order valence-electron chi connectivity index (χ3n) is 3.60. The number of hydrogen-bond donors (Lipinski definition) is 0. The highest BCUT2D eigenvalue weighted by Gasteiger charge is 2.34. The maximum atomic E-state index is 12.5. The van der Waals surface area contributed by atoms with Crippen LogP contribution in [0.25, 0.3) is 0 Å². The zero-order valence-corrected chi connectivity index (χ0v) is 11.8. The summed E-state index contributed by atoms with van der Waals surface area (Å²) in [5, 5.41) is 8.61. The third kappa shape index (κ3) is 2.88. The van der Waals surface area contributed by atoms with Gasteiger partial charge in [0.15, 0.2) is 5.78 Å². The number of nitriles is 1. The Hall–Kier alpha value is -2.15. The van der Waals surface area contributed by atoms with Crippen LogP contribution in [0.5, 0.6) is 0 Å². The molecule has 1 atom stereocenters. The summed E-state index contributed by atoms with van der Waals surface area (Å²) in [6.07, 6.45) is 1.16. The second-order valence-electron chi connectivity index (χ2n) is 5.33. The minimum absolute atomic E-state index is 0.165. The van der Waals surface area contributed by atoms with Gasteiger partial charge in [0, 0.05) is 12.2 Å². The minimum atomic E-state index is -0.649. The molecule has 1 aromatic carbocycles. The summed E-state index contributed by atoms with van der Waals surface area (Å²) in [5.74, 6) is -1.07. The van der Waals surface area contributed by atoms with Gasteiger partial charge < -0.3 is 4.90 Å². The molecule has 0 saturated carbocycles. The van der Waals surface area contributed by atoms with E-state index < -0.39 is 5.92 Å². The Labute approximate surface area is 119 Å². The first-order valence-electron chi connectivity index (χ1n) is 6.82. The summed E-state index contributed by atoms with van der Waals surface area (Å²) in [6, 6.07) is 7.81. The fourth-order valence-electron chi connectivity index (χ4n) is 2.74. The van der Waals surface area contributed by atoms with Crippen molar-refractivity contribution in [3.63, 3.8) is 0 Å². The van der Waals surface area contributed by atoms with Crippen LogP contribution in [0.15, 0.2) is 18.2 Å². The molecular weight excluding hydrogens is 252 g/mol. The number of nitrogens with zero attached hydrogens (tertiary/aromatic N) is 2. The number of aryl methyl sites for hydroxylation is 2. The highest BCUT2D eigenvalue weighted by atomic mass is 16.2. The van der Waals surface area contributed by atoms with Gasteiger partial charge >= 0.3 is 0 Å². The normalized spacial score (nSPS) is 18.8. The lowest BCUT2D eigenvalue weighted by Crippen LogP contribution is -2.44. The summed E-state index contributed by atoms with van der Waals surface area (Å²) in [7, 11) is 0. The molecule has 4 heteroatoms. The number of hydrogen-bond acceptors (Lipinski definition) is 3. The fourth-order valence-corrected chi connectivity index (χ4v) is 2.74. The van der Waals surface area contributed by atoms with E-state index in [1.807, 2.05) is 32.0 Å². The van der Waals surface area contributed by atoms with E-state index >= 15 is 0 Å². The molecule has 0 bridgehead atoms. The molecule has 20 heavy (non-hydrogen) atoms. The van der Waals surface area contributed by atoms with E-state index in [0.29, 0.717) is 13.0 Å². The Kier molecular flexibility index (Phi) is 4.19. The predicted octanol–water partition coefficient (Wildman–Crippen LogP) is 2.53. The van der Waals surface area contributed by atoms with E-state index in [0.717, 1.165) is 23.2 Å². The highest BCUT2D eigenvalue weighted by Crippen LogP contribution is 2.27. The van der Waals surface area contributed by atoms with E-state index in [2.05, 4.69) is 6.07 Å².